The first-order chi connectivity index (χ1) is 9.00. The van der Waals surface area contributed by atoms with Crippen LogP contribution < -0.4 is 11.1 Å². The van der Waals surface area contributed by atoms with E-state index in [2.05, 4.69) is 10.3 Å². The quantitative estimate of drug-likeness (QED) is 0.793. The van der Waals surface area contributed by atoms with E-state index >= 15 is 0 Å². The van der Waals surface area contributed by atoms with Gasteiger partial charge < -0.3 is 16.2 Å². The predicted molar refractivity (Wildman–Crippen MR) is 65.2 cm³/mol. The van der Waals surface area contributed by atoms with Crippen molar-refractivity contribution in [1.82, 2.24) is 4.98 Å². The third-order valence-corrected chi connectivity index (χ3v) is 2.43. The SMILES string of the molecule is Nc1c(C(=O)O)ccnc1Nc1c(F)cccc1F. The van der Waals surface area contributed by atoms with Crippen molar-refractivity contribution in [3.8, 4) is 0 Å². The van der Waals surface area contributed by atoms with Crippen molar-refractivity contribution in [3.63, 3.8) is 0 Å². The number of rotatable bonds is 3. The summed E-state index contributed by atoms with van der Waals surface area (Å²) >= 11 is 0. The fraction of sp³-hybridized carbons (Fsp3) is 0. The zero-order chi connectivity index (χ0) is 14.0. The van der Waals surface area contributed by atoms with E-state index in [4.69, 9.17) is 10.8 Å². The summed E-state index contributed by atoms with van der Waals surface area (Å²) in [6.07, 6.45) is 1.18. The van der Waals surface area contributed by atoms with Gasteiger partial charge in [0.05, 0.1) is 11.3 Å². The van der Waals surface area contributed by atoms with Gasteiger partial charge in [0, 0.05) is 6.20 Å². The van der Waals surface area contributed by atoms with E-state index in [0.29, 0.717) is 0 Å². The van der Waals surface area contributed by atoms with Crippen LogP contribution in [-0.4, -0.2) is 16.1 Å². The molecule has 0 radical (unpaired) electrons. The van der Waals surface area contributed by atoms with Crippen molar-refractivity contribution in [2.75, 3.05) is 11.1 Å². The highest BCUT2D eigenvalue weighted by Gasteiger charge is 2.15. The van der Waals surface area contributed by atoms with Crippen LogP contribution in [0.25, 0.3) is 0 Å². The molecule has 0 amide bonds. The number of carbonyl (C=O) groups is 1. The van der Waals surface area contributed by atoms with Crippen LogP contribution in [0.4, 0.5) is 26.0 Å². The molecule has 0 saturated heterocycles. The number of pyridine rings is 1. The lowest BCUT2D eigenvalue weighted by molar-refractivity contribution is 0.0698. The van der Waals surface area contributed by atoms with E-state index < -0.39 is 23.3 Å². The Hall–Kier alpha value is -2.70. The molecule has 98 valence electrons. The standard InChI is InChI=1S/C12H9F2N3O2/c13-7-2-1-3-8(14)10(7)17-11-9(15)6(12(18)19)4-5-16-11/h1-5H,15H2,(H,16,17)(H,18,19). The van der Waals surface area contributed by atoms with Crippen molar-refractivity contribution in [2.24, 2.45) is 0 Å². The number of para-hydroxylation sites is 1. The molecule has 0 saturated carbocycles. The Kier molecular flexibility index (Phi) is 3.28. The predicted octanol–water partition coefficient (Wildman–Crippen LogP) is 2.38. The third kappa shape index (κ3) is 2.44. The van der Waals surface area contributed by atoms with Crippen LogP contribution in [0.2, 0.25) is 0 Å². The summed E-state index contributed by atoms with van der Waals surface area (Å²) in [5, 5.41) is 11.2. The average molecular weight is 265 g/mol. The van der Waals surface area contributed by atoms with Gasteiger partial charge in [-0.3, -0.25) is 0 Å². The molecule has 1 aromatic heterocycles. The molecular formula is C12H9F2N3O2. The van der Waals surface area contributed by atoms with E-state index in [1.807, 2.05) is 0 Å². The lowest BCUT2D eigenvalue weighted by Crippen LogP contribution is -2.08. The topological polar surface area (TPSA) is 88.2 Å². The van der Waals surface area contributed by atoms with Crippen LogP contribution in [0.1, 0.15) is 10.4 Å². The summed E-state index contributed by atoms with van der Waals surface area (Å²) in [6, 6.07) is 4.52. The molecule has 4 N–H and O–H groups in total. The first-order valence-electron chi connectivity index (χ1n) is 5.19. The van der Waals surface area contributed by atoms with Gasteiger partial charge in [0.1, 0.15) is 17.3 Å². The van der Waals surface area contributed by atoms with E-state index in [-0.39, 0.29) is 17.1 Å². The molecule has 5 nitrogen and oxygen atoms in total. The van der Waals surface area contributed by atoms with Crippen molar-refractivity contribution in [2.45, 2.75) is 0 Å². The molecule has 2 rings (SSSR count). The van der Waals surface area contributed by atoms with Crippen LogP contribution >= 0.6 is 0 Å². The van der Waals surface area contributed by atoms with Gasteiger partial charge in [-0.25, -0.2) is 18.6 Å². The molecule has 7 heteroatoms. The van der Waals surface area contributed by atoms with Gasteiger partial charge >= 0.3 is 5.97 Å². The number of anilines is 3. The maximum atomic E-state index is 13.4. The molecule has 0 bridgehead atoms. The average Bonchev–Trinajstić information content (AvgIpc) is 2.35. The number of hydrogen-bond donors (Lipinski definition) is 3. The Balaban J connectivity index is 2.45. The highest BCUT2D eigenvalue weighted by atomic mass is 19.1. The van der Waals surface area contributed by atoms with E-state index in [1.165, 1.54) is 18.3 Å². The lowest BCUT2D eigenvalue weighted by Gasteiger charge is -2.11. The molecule has 0 unspecified atom stereocenters. The summed E-state index contributed by atoms with van der Waals surface area (Å²) in [6.45, 7) is 0. The summed E-state index contributed by atoms with van der Waals surface area (Å²) in [4.78, 5) is 14.6. The van der Waals surface area contributed by atoms with Gasteiger partial charge in [0.2, 0.25) is 0 Å². The second-order valence-electron chi connectivity index (χ2n) is 3.65. The number of aromatic nitrogens is 1. The Morgan fingerprint density at radius 3 is 2.47 bits per heavy atom. The Bertz CT molecular complexity index is 627. The Morgan fingerprint density at radius 2 is 1.89 bits per heavy atom. The summed E-state index contributed by atoms with van der Waals surface area (Å²) in [5.74, 6) is -3.04. The fourth-order valence-electron chi connectivity index (χ4n) is 1.49. The lowest BCUT2D eigenvalue weighted by atomic mass is 10.2. The van der Waals surface area contributed by atoms with Gasteiger partial charge in [0.15, 0.2) is 5.82 Å². The van der Waals surface area contributed by atoms with Crippen LogP contribution in [0.3, 0.4) is 0 Å². The van der Waals surface area contributed by atoms with Crippen molar-refractivity contribution in [3.05, 3.63) is 47.7 Å². The molecule has 0 spiro atoms. The molecule has 2 aromatic rings. The Labute approximate surface area is 106 Å². The molecule has 19 heavy (non-hydrogen) atoms. The van der Waals surface area contributed by atoms with Crippen LogP contribution in [0.5, 0.6) is 0 Å². The second kappa shape index (κ2) is 4.89. The van der Waals surface area contributed by atoms with E-state index in [0.717, 1.165) is 12.1 Å². The number of hydrogen-bond acceptors (Lipinski definition) is 4. The zero-order valence-electron chi connectivity index (χ0n) is 9.52. The summed E-state index contributed by atoms with van der Waals surface area (Å²) < 4.78 is 26.9. The fourth-order valence-corrected chi connectivity index (χ4v) is 1.49. The van der Waals surface area contributed by atoms with Crippen LogP contribution in [0, 0.1) is 11.6 Å². The van der Waals surface area contributed by atoms with Gasteiger partial charge in [-0.05, 0) is 18.2 Å². The molecule has 1 aromatic carbocycles. The number of nitrogens with one attached hydrogen (secondary N) is 1. The maximum Gasteiger partial charge on any atom is 0.337 e. The normalized spacial score (nSPS) is 10.2. The van der Waals surface area contributed by atoms with Crippen molar-refractivity contribution in [1.29, 1.82) is 0 Å². The third-order valence-electron chi connectivity index (χ3n) is 2.43. The highest BCUT2D eigenvalue weighted by molar-refractivity contribution is 5.96. The van der Waals surface area contributed by atoms with Gasteiger partial charge in [-0.15, -0.1) is 0 Å². The molecule has 0 aliphatic rings. The zero-order valence-corrected chi connectivity index (χ0v) is 9.52. The molecule has 0 aliphatic heterocycles. The maximum absolute atomic E-state index is 13.4. The first kappa shape index (κ1) is 12.7. The molecular weight excluding hydrogens is 256 g/mol. The number of nitrogens with zero attached hydrogens (tertiary/aromatic N) is 1. The number of nitrogens with two attached hydrogens (primary N) is 1. The minimum Gasteiger partial charge on any atom is -0.478 e. The smallest absolute Gasteiger partial charge is 0.337 e. The van der Waals surface area contributed by atoms with Crippen molar-refractivity contribution >= 4 is 23.2 Å². The molecule has 0 fully saturated rings. The minimum atomic E-state index is -1.25. The molecule has 0 atom stereocenters. The number of halogens is 2. The molecule has 1 heterocycles. The van der Waals surface area contributed by atoms with Gasteiger partial charge in [-0.1, -0.05) is 6.07 Å². The number of benzene rings is 1. The van der Waals surface area contributed by atoms with E-state index in [1.54, 1.807) is 0 Å². The van der Waals surface area contributed by atoms with Gasteiger partial charge in [0.25, 0.3) is 0 Å². The van der Waals surface area contributed by atoms with E-state index in [9.17, 15) is 13.6 Å². The number of carboxylic acid groups (broad SMARTS) is 1. The molecule has 0 aliphatic carbocycles. The second-order valence-corrected chi connectivity index (χ2v) is 3.65. The number of aromatic carboxylic acids is 1. The number of carboxylic acids is 1. The van der Waals surface area contributed by atoms with Crippen LogP contribution in [-0.2, 0) is 0 Å². The largest absolute Gasteiger partial charge is 0.478 e. The summed E-state index contributed by atoms with van der Waals surface area (Å²) in [5.41, 5.74) is 4.74. The Morgan fingerprint density at radius 1 is 1.26 bits per heavy atom. The van der Waals surface area contributed by atoms with Gasteiger partial charge in [-0.2, -0.15) is 0 Å². The van der Waals surface area contributed by atoms with Crippen LogP contribution in [0.15, 0.2) is 30.5 Å². The monoisotopic (exact) mass is 265 g/mol. The first-order valence-corrected chi connectivity index (χ1v) is 5.19. The summed E-state index contributed by atoms with van der Waals surface area (Å²) in [7, 11) is 0. The number of nitrogen functional groups attached to an aromatic ring is 1. The van der Waals surface area contributed by atoms with Crippen molar-refractivity contribution < 1.29 is 18.7 Å². The highest BCUT2D eigenvalue weighted by Crippen LogP contribution is 2.27. The minimum absolute atomic E-state index is 0.121.